The highest BCUT2D eigenvalue weighted by Crippen LogP contribution is 2.39. The Bertz CT molecular complexity index is 309. The molecule has 1 aliphatic rings. The molecule has 0 aromatic heterocycles. The normalized spacial score (nSPS) is 25.4. The van der Waals surface area contributed by atoms with Crippen LogP contribution in [0.25, 0.3) is 0 Å². The third-order valence-corrected chi connectivity index (χ3v) is 4.68. The van der Waals surface area contributed by atoms with Gasteiger partial charge in [0.1, 0.15) is 0 Å². The van der Waals surface area contributed by atoms with Gasteiger partial charge in [-0.2, -0.15) is 0 Å². The maximum absolute atomic E-state index is 11.1. The Morgan fingerprint density at radius 2 is 2.00 bits per heavy atom. The monoisotopic (exact) mass is 284 g/mol. The Kier molecular flexibility index (Phi) is 6.50. The predicted octanol–water partition coefficient (Wildman–Crippen LogP) is 4.35. The van der Waals surface area contributed by atoms with Crippen molar-refractivity contribution in [2.45, 2.75) is 72.8 Å². The van der Waals surface area contributed by atoms with Crippen molar-refractivity contribution in [3.63, 3.8) is 0 Å². The molecule has 3 unspecified atom stereocenters. The number of carboxylic acids is 1. The summed E-state index contributed by atoms with van der Waals surface area (Å²) in [7, 11) is 0. The first kappa shape index (κ1) is 17.5. The zero-order valence-electron chi connectivity index (χ0n) is 13.8. The molecule has 0 aliphatic heterocycles. The molecular formula is C17H32O3. The second-order valence-corrected chi connectivity index (χ2v) is 7.62. The van der Waals surface area contributed by atoms with Gasteiger partial charge in [0.25, 0.3) is 0 Å². The minimum absolute atomic E-state index is 0.177. The Labute approximate surface area is 124 Å². The van der Waals surface area contributed by atoms with Crippen LogP contribution in [-0.4, -0.2) is 23.8 Å². The van der Waals surface area contributed by atoms with E-state index in [1.165, 1.54) is 25.7 Å². The lowest BCUT2D eigenvalue weighted by atomic mass is 9.71. The van der Waals surface area contributed by atoms with Gasteiger partial charge in [-0.15, -0.1) is 0 Å². The van der Waals surface area contributed by atoms with Crippen LogP contribution in [0.3, 0.4) is 0 Å². The molecule has 20 heavy (non-hydrogen) atoms. The van der Waals surface area contributed by atoms with Gasteiger partial charge >= 0.3 is 5.97 Å². The van der Waals surface area contributed by atoms with Gasteiger partial charge in [0.05, 0.1) is 12.0 Å². The van der Waals surface area contributed by atoms with Crippen LogP contribution in [0.15, 0.2) is 0 Å². The van der Waals surface area contributed by atoms with E-state index in [-0.39, 0.29) is 12.0 Å². The zero-order valence-corrected chi connectivity index (χ0v) is 13.8. The molecule has 1 saturated carbocycles. The molecule has 0 aromatic rings. The van der Waals surface area contributed by atoms with Crippen molar-refractivity contribution in [3.05, 3.63) is 0 Å². The fourth-order valence-corrected chi connectivity index (χ4v) is 3.53. The van der Waals surface area contributed by atoms with Crippen molar-refractivity contribution >= 4 is 5.97 Å². The first-order valence-corrected chi connectivity index (χ1v) is 8.07. The summed E-state index contributed by atoms with van der Waals surface area (Å²) in [5, 5.41) is 9.14. The molecule has 0 bridgehead atoms. The van der Waals surface area contributed by atoms with Crippen molar-refractivity contribution < 1.29 is 14.6 Å². The van der Waals surface area contributed by atoms with Crippen LogP contribution in [0.5, 0.6) is 0 Å². The van der Waals surface area contributed by atoms with Crippen LogP contribution in [0.2, 0.25) is 0 Å². The smallest absolute Gasteiger partial charge is 0.308 e. The minimum Gasteiger partial charge on any atom is -0.481 e. The van der Waals surface area contributed by atoms with Crippen LogP contribution in [0.4, 0.5) is 0 Å². The number of rotatable bonds is 7. The predicted molar refractivity (Wildman–Crippen MR) is 81.7 cm³/mol. The maximum Gasteiger partial charge on any atom is 0.308 e. The summed E-state index contributed by atoms with van der Waals surface area (Å²) in [4.78, 5) is 11.1. The van der Waals surface area contributed by atoms with E-state index >= 15 is 0 Å². The Morgan fingerprint density at radius 1 is 1.35 bits per heavy atom. The lowest BCUT2D eigenvalue weighted by Gasteiger charge is -2.35. The first-order chi connectivity index (χ1) is 9.23. The molecule has 1 rings (SSSR count). The van der Waals surface area contributed by atoms with Crippen LogP contribution >= 0.6 is 0 Å². The Morgan fingerprint density at radius 3 is 2.50 bits per heavy atom. The SMILES string of the molecule is CC(C)C(OCCC1CCCC(C)(C)C1)C(C)C(=O)O. The van der Waals surface area contributed by atoms with Crippen LogP contribution in [0, 0.1) is 23.2 Å². The second-order valence-electron chi connectivity index (χ2n) is 7.62. The fraction of sp³-hybridized carbons (Fsp3) is 0.941. The maximum atomic E-state index is 11.1. The molecule has 1 N–H and O–H groups in total. The van der Waals surface area contributed by atoms with Gasteiger partial charge in [0.2, 0.25) is 0 Å². The lowest BCUT2D eigenvalue weighted by Crippen LogP contribution is -2.33. The van der Waals surface area contributed by atoms with Gasteiger partial charge in [0.15, 0.2) is 0 Å². The summed E-state index contributed by atoms with van der Waals surface area (Å²) < 4.78 is 5.92. The molecule has 0 aromatic carbocycles. The molecule has 3 heteroatoms. The third kappa shape index (κ3) is 5.43. The van der Waals surface area contributed by atoms with Gasteiger partial charge < -0.3 is 9.84 Å². The number of hydrogen-bond donors (Lipinski definition) is 1. The van der Waals surface area contributed by atoms with Crippen LogP contribution < -0.4 is 0 Å². The molecule has 0 spiro atoms. The van der Waals surface area contributed by atoms with Crippen molar-refractivity contribution in [2.75, 3.05) is 6.61 Å². The highest BCUT2D eigenvalue weighted by Gasteiger charge is 2.30. The lowest BCUT2D eigenvalue weighted by molar-refractivity contribution is -0.148. The van der Waals surface area contributed by atoms with Crippen molar-refractivity contribution in [2.24, 2.45) is 23.2 Å². The number of carbonyl (C=O) groups is 1. The van der Waals surface area contributed by atoms with Crippen molar-refractivity contribution in [3.8, 4) is 0 Å². The molecule has 3 nitrogen and oxygen atoms in total. The molecule has 118 valence electrons. The third-order valence-electron chi connectivity index (χ3n) is 4.68. The summed E-state index contributed by atoms with van der Waals surface area (Å²) in [5.41, 5.74) is 0.467. The molecule has 1 aliphatic carbocycles. The van der Waals surface area contributed by atoms with E-state index in [4.69, 9.17) is 9.84 Å². The van der Waals surface area contributed by atoms with E-state index in [2.05, 4.69) is 13.8 Å². The van der Waals surface area contributed by atoms with E-state index < -0.39 is 11.9 Å². The topological polar surface area (TPSA) is 46.5 Å². The first-order valence-electron chi connectivity index (χ1n) is 8.07. The fourth-order valence-electron chi connectivity index (χ4n) is 3.53. The van der Waals surface area contributed by atoms with E-state index in [0.717, 1.165) is 12.3 Å². The average Bonchev–Trinajstić information content (AvgIpc) is 2.32. The van der Waals surface area contributed by atoms with Gasteiger partial charge in [-0.3, -0.25) is 4.79 Å². The minimum atomic E-state index is -0.762. The zero-order chi connectivity index (χ0) is 15.3. The van der Waals surface area contributed by atoms with Crippen molar-refractivity contribution in [1.29, 1.82) is 0 Å². The van der Waals surface area contributed by atoms with E-state index in [0.29, 0.717) is 12.0 Å². The summed E-state index contributed by atoms with van der Waals surface area (Å²) >= 11 is 0. The quantitative estimate of drug-likeness (QED) is 0.755. The molecule has 1 fully saturated rings. The van der Waals surface area contributed by atoms with Gasteiger partial charge in [-0.05, 0) is 43.4 Å². The number of carboxylic acid groups (broad SMARTS) is 1. The molecule has 3 atom stereocenters. The standard InChI is InChI=1S/C17H32O3/c1-12(2)15(13(3)16(18)19)20-10-8-14-7-6-9-17(4,5)11-14/h12-15H,6-11H2,1-5H3,(H,18,19). The highest BCUT2D eigenvalue weighted by molar-refractivity contribution is 5.70. The van der Waals surface area contributed by atoms with Gasteiger partial charge in [-0.25, -0.2) is 0 Å². The Balaban J connectivity index is 2.39. The number of ether oxygens (including phenoxy) is 1. The van der Waals surface area contributed by atoms with E-state index in [9.17, 15) is 4.79 Å². The van der Waals surface area contributed by atoms with E-state index in [1.54, 1.807) is 6.92 Å². The summed E-state index contributed by atoms with van der Waals surface area (Å²) in [6, 6.07) is 0. The van der Waals surface area contributed by atoms with Gasteiger partial charge in [0, 0.05) is 6.61 Å². The molecule has 0 saturated heterocycles. The highest BCUT2D eigenvalue weighted by atomic mass is 16.5. The number of aliphatic carboxylic acids is 1. The second kappa shape index (κ2) is 7.44. The Hall–Kier alpha value is -0.570. The number of hydrogen-bond acceptors (Lipinski definition) is 2. The molecule has 0 radical (unpaired) electrons. The van der Waals surface area contributed by atoms with Crippen molar-refractivity contribution in [1.82, 2.24) is 0 Å². The largest absolute Gasteiger partial charge is 0.481 e. The van der Waals surface area contributed by atoms with E-state index in [1.807, 2.05) is 13.8 Å². The summed E-state index contributed by atoms with van der Waals surface area (Å²) in [5.74, 6) is -0.212. The summed E-state index contributed by atoms with van der Waals surface area (Å²) in [6.45, 7) is 11.2. The van der Waals surface area contributed by atoms with Gasteiger partial charge in [-0.1, -0.05) is 40.5 Å². The summed E-state index contributed by atoms with van der Waals surface area (Å²) in [6.07, 6.45) is 6.11. The molecular weight excluding hydrogens is 252 g/mol. The molecule has 0 amide bonds. The van der Waals surface area contributed by atoms with Crippen LogP contribution in [0.1, 0.15) is 66.7 Å². The average molecular weight is 284 g/mol. The van der Waals surface area contributed by atoms with Crippen LogP contribution in [-0.2, 0) is 9.53 Å². The molecule has 0 heterocycles.